The Bertz CT molecular complexity index is 635. The molecule has 2 N–H and O–H groups in total. The van der Waals surface area contributed by atoms with Crippen molar-refractivity contribution in [2.45, 2.75) is 39.5 Å². The molecule has 1 aromatic rings. The number of allylic oxidation sites excluding steroid dienone is 4. The largest absolute Gasteiger partial charge is 0.401 e. The van der Waals surface area contributed by atoms with Gasteiger partial charge >= 0.3 is 0 Å². The molecule has 0 aliphatic heterocycles. The summed E-state index contributed by atoms with van der Waals surface area (Å²) in [7, 11) is 0. The molecular formula is C19H23F2N. The molecule has 1 aliphatic rings. The predicted octanol–water partition coefficient (Wildman–Crippen LogP) is 5.04. The molecule has 0 spiro atoms. The number of nitrogens with two attached hydrogens (primary N) is 1. The van der Waals surface area contributed by atoms with E-state index in [-0.39, 0.29) is 5.41 Å². The lowest BCUT2D eigenvalue weighted by Crippen LogP contribution is -2.38. The van der Waals surface area contributed by atoms with Crippen molar-refractivity contribution in [2.24, 2.45) is 11.1 Å². The highest BCUT2D eigenvalue weighted by Gasteiger charge is 2.41. The first kappa shape index (κ1) is 16.5. The monoisotopic (exact) mass is 303 g/mol. The van der Waals surface area contributed by atoms with Gasteiger partial charge < -0.3 is 5.73 Å². The molecule has 0 bridgehead atoms. The highest BCUT2D eigenvalue weighted by molar-refractivity contribution is 5.47. The molecule has 22 heavy (non-hydrogen) atoms. The van der Waals surface area contributed by atoms with Crippen LogP contribution in [-0.4, -0.2) is 0 Å². The Labute approximate surface area is 131 Å². The zero-order valence-corrected chi connectivity index (χ0v) is 13.3. The minimum Gasteiger partial charge on any atom is -0.401 e. The topological polar surface area (TPSA) is 26.0 Å². The fraction of sp³-hybridized carbons (Fsp3) is 0.368. The second kappa shape index (κ2) is 6.07. The smallest absolute Gasteiger partial charge is 0.162 e. The van der Waals surface area contributed by atoms with Crippen LogP contribution >= 0.6 is 0 Å². The summed E-state index contributed by atoms with van der Waals surface area (Å²) in [5, 5.41) is 0. The third-order valence-corrected chi connectivity index (χ3v) is 4.57. The summed E-state index contributed by atoms with van der Waals surface area (Å²) in [4.78, 5) is 0. The second-order valence-electron chi connectivity index (χ2n) is 6.37. The predicted molar refractivity (Wildman–Crippen MR) is 87.2 cm³/mol. The van der Waals surface area contributed by atoms with Crippen LogP contribution < -0.4 is 5.73 Å². The van der Waals surface area contributed by atoms with Crippen molar-refractivity contribution in [3.8, 4) is 0 Å². The second-order valence-corrected chi connectivity index (χ2v) is 6.37. The number of halogens is 2. The molecule has 1 aromatic carbocycles. The number of hydrogen-bond acceptors (Lipinski definition) is 1. The summed E-state index contributed by atoms with van der Waals surface area (Å²) in [5.41, 5.74) is 9.80. The number of benzene rings is 1. The van der Waals surface area contributed by atoms with Crippen molar-refractivity contribution in [3.05, 3.63) is 71.0 Å². The summed E-state index contributed by atoms with van der Waals surface area (Å²) >= 11 is 0. The Kier molecular flexibility index (Phi) is 4.55. The van der Waals surface area contributed by atoms with Crippen LogP contribution in [0.1, 0.15) is 38.7 Å². The average molecular weight is 303 g/mol. The van der Waals surface area contributed by atoms with Crippen LogP contribution in [0.2, 0.25) is 0 Å². The Balaban J connectivity index is 2.45. The van der Waals surface area contributed by atoms with Crippen LogP contribution in [0.15, 0.2) is 53.8 Å². The van der Waals surface area contributed by atoms with E-state index in [0.717, 1.165) is 42.0 Å². The minimum absolute atomic E-state index is 0.318. The normalized spacial score (nSPS) is 15.8. The zero-order chi connectivity index (χ0) is 16.5. The van der Waals surface area contributed by atoms with Gasteiger partial charge in [-0.25, -0.2) is 8.78 Å². The summed E-state index contributed by atoms with van der Waals surface area (Å²) in [6.07, 6.45) is 3.20. The van der Waals surface area contributed by atoms with Gasteiger partial charge in [0.1, 0.15) is 0 Å². The number of rotatable bonds is 5. The van der Waals surface area contributed by atoms with Crippen molar-refractivity contribution in [1.29, 1.82) is 0 Å². The molecule has 118 valence electrons. The Morgan fingerprint density at radius 3 is 2.23 bits per heavy atom. The maximum atomic E-state index is 14.0. The molecule has 1 nitrogen and oxygen atoms in total. The highest BCUT2D eigenvalue weighted by Crippen LogP contribution is 2.50. The molecule has 0 saturated heterocycles. The standard InChI is InChI=1S/C19H23F2N/c1-12(2)16(13(3)4)18(22)19(9-6-10-19)11-14-7-5-8-15(20)17(14)21/h5,7-8H,1,3,6,9-11,22H2,2,4H3. The lowest BCUT2D eigenvalue weighted by atomic mass is 9.62. The molecule has 0 radical (unpaired) electrons. The SMILES string of the molecule is C=C(C)C(C(=C)C)=C(N)C1(Cc2cccc(F)c2F)CCC1. The van der Waals surface area contributed by atoms with Gasteiger partial charge in [-0.3, -0.25) is 0 Å². The lowest BCUT2D eigenvalue weighted by molar-refractivity contribution is 0.179. The van der Waals surface area contributed by atoms with Gasteiger partial charge in [-0.05, 0) is 61.5 Å². The number of hydrogen-bond donors (Lipinski definition) is 1. The molecule has 1 saturated carbocycles. The van der Waals surface area contributed by atoms with E-state index in [2.05, 4.69) is 13.2 Å². The Hall–Kier alpha value is -1.90. The van der Waals surface area contributed by atoms with Crippen molar-refractivity contribution < 1.29 is 8.78 Å². The van der Waals surface area contributed by atoms with Gasteiger partial charge in [0.2, 0.25) is 0 Å². The summed E-state index contributed by atoms with van der Waals surface area (Å²) in [6, 6.07) is 4.31. The summed E-state index contributed by atoms with van der Waals surface area (Å²) < 4.78 is 27.5. The van der Waals surface area contributed by atoms with E-state index in [0.29, 0.717) is 17.7 Å². The summed E-state index contributed by atoms with van der Waals surface area (Å²) in [5.74, 6) is -1.58. The van der Waals surface area contributed by atoms with Crippen LogP contribution in [0, 0.1) is 17.0 Å². The van der Waals surface area contributed by atoms with E-state index in [9.17, 15) is 8.78 Å². The molecular weight excluding hydrogens is 280 g/mol. The van der Waals surface area contributed by atoms with Crippen LogP contribution in [0.5, 0.6) is 0 Å². The molecule has 0 unspecified atom stereocenters. The maximum Gasteiger partial charge on any atom is 0.162 e. The van der Waals surface area contributed by atoms with Gasteiger partial charge in [-0.15, -0.1) is 0 Å². The summed E-state index contributed by atoms with van der Waals surface area (Å²) in [6.45, 7) is 11.7. The zero-order valence-electron chi connectivity index (χ0n) is 13.3. The third kappa shape index (κ3) is 2.85. The fourth-order valence-corrected chi connectivity index (χ4v) is 3.28. The van der Waals surface area contributed by atoms with E-state index in [1.54, 1.807) is 12.1 Å². The first-order valence-electron chi connectivity index (χ1n) is 7.53. The van der Waals surface area contributed by atoms with Crippen LogP contribution in [0.4, 0.5) is 8.78 Å². The van der Waals surface area contributed by atoms with Crippen molar-refractivity contribution in [3.63, 3.8) is 0 Å². The average Bonchev–Trinajstić information content (AvgIpc) is 2.37. The molecule has 0 amide bonds. The van der Waals surface area contributed by atoms with Crippen molar-refractivity contribution in [1.82, 2.24) is 0 Å². The molecule has 0 heterocycles. The van der Waals surface area contributed by atoms with Crippen LogP contribution in [-0.2, 0) is 6.42 Å². The molecule has 0 aromatic heterocycles. The molecule has 0 atom stereocenters. The van der Waals surface area contributed by atoms with Crippen molar-refractivity contribution in [2.75, 3.05) is 0 Å². The lowest BCUT2D eigenvalue weighted by Gasteiger charge is -2.44. The maximum absolute atomic E-state index is 14.0. The Morgan fingerprint density at radius 2 is 1.77 bits per heavy atom. The van der Waals surface area contributed by atoms with E-state index >= 15 is 0 Å². The third-order valence-electron chi connectivity index (χ3n) is 4.57. The Morgan fingerprint density at radius 1 is 1.18 bits per heavy atom. The fourth-order valence-electron chi connectivity index (χ4n) is 3.28. The van der Waals surface area contributed by atoms with E-state index in [1.807, 2.05) is 13.8 Å². The highest BCUT2D eigenvalue weighted by atomic mass is 19.2. The van der Waals surface area contributed by atoms with Gasteiger partial charge in [0.15, 0.2) is 11.6 Å². The first-order chi connectivity index (χ1) is 10.3. The molecule has 3 heteroatoms. The van der Waals surface area contributed by atoms with Gasteiger partial charge in [-0.2, -0.15) is 0 Å². The van der Waals surface area contributed by atoms with Crippen molar-refractivity contribution >= 4 is 0 Å². The van der Waals surface area contributed by atoms with Gasteiger partial charge in [-0.1, -0.05) is 31.7 Å². The van der Waals surface area contributed by atoms with Crippen LogP contribution in [0.3, 0.4) is 0 Å². The van der Waals surface area contributed by atoms with E-state index < -0.39 is 11.6 Å². The van der Waals surface area contributed by atoms with Gasteiger partial charge in [0.05, 0.1) is 0 Å². The van der Waals surface area contributed by atoms with E-state index in [1.165, 1.54) is 0 Å². The quantitative estimate of drug-likeness (QED) is 0.757. The van der Waals surface area contributed by atoms with E-state index in [4.69, 9.17) is 5.73 Å². The van der Waals surface area contributed by atoms with Gasteiger partial charge in [0.25, 0.3) is 0 Å². The van der Waals surface area contributed by atoms with Crippen LogP contribution in [0.25, 0.3) is 0 Å². The molecule has 1 aliphatic carbocycles. The first-order valence-corrected chi connectivity index (χ1v) is 7.53. The van der Waals surface area contributed by atoms with Gasteiger partial charge in [0, 0.05) is 11.1 Å². The molecule has 1 fully saturated rings. The minimum atomic E-state index is -0.811. The molecule has 2 rings (SSSR count).